The normalized spacial score (nSPS) is 17.3. The van der Waals surface area contributed by atoms with Crippen molar-refractivity contribution >= 4 is 27.3 Å². The molecule has 0 spiro atoms. The lowest BCUT2D eigenvalue weighted by Gasteiger charge is -2.30. The van der Waals surface area contributed by atoms with Gasteiger partial charge in [-0.05, 0) is 31.2 Å². The number of ether oxygens (including phenoxy) is 3. The minimum absolute atomic E-state index is 0.00937. The van der Waals surface area contributed by atoms with Crippen molar-refractivity contribution in [3.8, 4) is 11.5 Å². The van der Waals surface area contributed by atoms with Crippen molar-refractivity contribution < 1.29 is 27.4 Å². The third kappa shape index (κ3) is 5.14. The number of hydrogen-bond donors (Lipinski definition) is 2. The van der Waals surface area contributed by atoms with Gasteiger partial charge in [0.25, 0.3) is 0 Å². The first-order valence-electron chi connectivity index (χ1n) is 10.6. The monoisotopic (exact) mass is 461 g/mol. The number of para-hydroxylation sites is 2. The quantitative estimate of drug-likeness (QED) is 0.678. The van der Waals surface area contributed by atoms with Gasteiger partial charge in [-0.2, -0.15) is 4.72 Å². The summed E-state index contributed by atoms with van der Waals surface area (Å²) < 4.78 is 44.7. The first-order valence-corrected chi connectivity index (χ1v) is 12.1. The van der Waals surface area contributed by atoms with E-state index in [9.17, 15) is 13.2 Å². The molecule has 10 heteroatoms. The molecule has 1 unspecified atom stereocenters. The maximum absolute atomic E-state index is 12.9. The number of benzene rings is 2. The van der Waals surface area contributed by atoms with Crippen molar-refractivity contribution in [2.75, 3.05) is 49.7 Å². The van der Waals surface area contributed by atoms with Gasteiger partial charge in [-0.25, -0.2) is 8.42 Å². The second-order valence-electron chi connectivity index (χ2n) is 7.61. The molecule has 4 rings (SSSR count). The number of hydrogen-bond acceptors (Lipinski definition) is 7. The second-order valence-corrected chi connectivity index (χ2v) is 9.32. The summed E-state index contributed by atoms with van der Waals surface area (Å²) in [4.78, 5) is 14.9. The molecule has 1 atom stereocenters. The Labute approximate surface area is 187 Å². The molecule has 1 saturated heterocycles. The number of carbonyl (C=O) groups is 1. The predicted molar refractivity (Wildman–Crippen MR) is 120 cm³/mol. The van der Waals surface area contributed by atoms with E-state index in [1.807, 2.05) is 18.2 Å². The number of rotatable bonds is 6. The van der Waals surface area contributed by atoms with Crippen LogP contribution in [0.2, 0.25) is 0 Å². The summed E-state index contributed by atoms with van der Waals surface area (Å²) in [6, 6.07) is 10.9. The van der Waals surface area contributed by atoms with Crippen molar-refractivity contribution in [2.45, 2.75) is 24.3 Å². The van der Waals surface area contributed by atoms with Gasteiger partial charge in [0.1, 0.15) is 0 Å². The number of morpholine rings is 1. The van der Waals surface area contributed by atoms with Crippen molar-refractivity contribution in [1.82, 2.24) is 4.72 Å². The van der Waals surface area contributed by atoms with Crippen molar-refractivity contribution in [3.63, 3.8) is 0 Å². The van der Waals surface area contributed by atoms with E-state index in [2.05, 4.69) is 14.9 Å². The van der Waals surface area contributed by atoms with Crippen LogP contribution in [-0.4, -0.2) is 59.9 Å². The Kier molecular flexibility index (Phi) is 6.83. The number of sulfonamides is 1. The zero-order valence-electron chi connectivity index (χ0n) is 17.9. The lowest BCUT2D eigenvalue weighted by atomic mass is 10.2. The molecule has 0 aromatic heterocycles. The molecule has 1 amide bonds. The lowest BCUT2D eigenvalue weighted by molar-refractivity contribution is -0.117. The molecule has 0 radical (unpaired) electrons. The Bertz CT molecular complexity index is 1070. The maximum Gasteiger partial charge on any atom is 0.242 e. The predicted octanol–water partition coefficient (Wildman–Crippen LogP) is 1.99. The molecule has 2 heterocycles. The van der Waals surface area contributed by atoms with Gasteiger partial charge in [0.15, 0.2) is 11.5 Å². The molecule has 1 fully saturated rings. The molecule has 0 aliphatic carbocycles. The van der Waals surface area contributed by atoms with E-state index in [0.29, 0.717) is 43.6 Å². The molecule has 172 valence electrons. The van der Waals surface area contributed by atoms with Crippen molar-refractivity contribution in [3.05, 3.63) is 42.5 Å². The molecule has 32 heavy (non-hydrogen) atoms. The van der Waals surface area contributed by atoms with Crippen LogP contribution in [0.1, 0.15) is 13.3 Å². The average Bonchev–Trinajstić information content (AvgIpc) is 3.04. The number of carbonyl (C=O) groups excluding carboxylic acids is 1. The minimum atomic E-state index is -3.95. The van der Waals surface area contributed by atoms with Crippen LogP contribution in [0.5, 0.6) is 11.5 Å². The third-order valence-corrected chi connectivity index (χ3v) is 6.81. The maximum atomic E-state index is 12.9. The summed E-state index contributed by atoms with van der Waals surface area (Å²) in [6.45, 7) is 5.15. The summed E-state index contributed by atoms with van der Waals surface area (Å²) in [5.41, 5.74) is 1.50. The fraction of sp³-hybridized carbons (Fsp3) is 0.409. The van der Waals surface area contributed by atoms with Gasteiger partial charge in [0, 0.05) is 25.6 Å². The molecular formula is C22H27N3O6S. The largest absolute Gasteiger partial charge is 0.490 e. The van der Waals surface area contributed by atoms with Crippen LogP contribution in [-0.2, 0) is 19.6 Å². The first kappa shape index (κ1) is 22.4. The van der Waals surface area contributed by atoms with Gasteiger partial charge in [-0.15, -0.1) is 0 Å². The van der Waals surface area contributed by atoms with Crippen LogP contribution < -0.4 is 24.4 Å². The number of anilines is 2. The van der Waals surface area contributed by atoms with Gasteiger partial charge in [-0.1, -0.05) is 12.1 Å². The summed E-state index contributed by atoms with van der Waals surface area (Å²) in [5, 5.41) is 2.85. The van der Waals surface area contributed by atoms with Gasteiger partial charge < -0.3 is 24.4 Å². The van der Waals surface area contributed by atoms with Crippen LogP contribution in [0.3, 0.4) is 0 Å². The number of nitrogens with one attached hydrogen (secondary N) is 2. The lowest BCUT2D eigenvalue weighted by Crippen LogP contribution is -2.42. The summed E-state index contributed by atoms with van der Waals surface area (Å²) in [7, 11) is -3.95. The SMILES string of the molecule is CC(NS(=O)(=O)c1ccc2c(c1)OCCCO2)C(=O)Nc1ccccc1N1CCOCC1. The molecule has 9 nitrogen and oxygen atoms in total. The van der Waals surface area contributed by atoms with Gasteiger partial charge in [0.2, 0.25) is 15.9 Å². The highest BCUT2D eigenvalue weighted by Crippen LogP contribution is 2.32. The molecule has 0 bridgehead atoms. The summed E-state index contributed by atoms with van der Waals surface area (Å²) in [6.07, 6.45) is 0.720. The Hall–Kier alpha value is -2.82. The fourth-order valence-electron chi connectivity index (χ4n) is 3.57. The molecular weight excluding hydrogens is 434 g/mol. The Morgan fingerprint density at radius 3 is 2.50 bits per heavy atom. The van der Waals surface area contributed by atoms with Crippen molar-refractivity contribution in [1.29, 1.82) is 0 Å². The zero-order chi connectivity index (χ0) is 22.6. The van der Waals surface area contributed by atoms with Gasteiger partial charge in [-0.3, -0.25) is 4.79 Å². The second kappa shape index (κ2) is 9.76. The van der Waals surface area contributed by atoms with E-state index in [4.69, 9.17) is 14.2 Å². The fourth-order valence-corrected chi connectivity index (χ4v) is 4.78. The molecule has 2 aromatic rings. The Morgan fingerprint density at radius 2 is 1.72 bits per heavy atom. The number of fused-ring (bicyclic) bond motifs is 1. The smallest absolute Gasteiger partial charge is 0.242 e. The third-order valence-electron chi connectivity index (χ3n) is 5.27. The minimum Gasteiger partial charge on any atom is -0.490 e. The standard InChI is InChI=1S/C22H27N3O6S/c1-16(22(26)23-18-5-2-3-6-19(18)25-9-13-29-14-10-25)24-32(27,28)17-7-8-20-21(15-17)31-12-4-11-30-20/h2-3,5-8,15-16,24H,4,9-14H2,1H3,(H,23,26). The van der Waals surface area contributed by atoms with Crippen LogP contribution in [0.25, 0.3) is 0 Å². The van der Waals surface area contributed by atoms with Crippen LogP contribution in [0.15, 0.2) is 47.4 Å². The van der Waals surface area contributed by atoms with E-state index in [0.717, 1.165) is 25.2 Å². The number of nitrogens with zero attached hydrogens (tertiary/aromatic N) is 1. The first-order chi connectivity index (χ1) is 15.4. The number of amides is 1. The highest BCUT2D eigenvalue weighted by Gasteiger charge is 2.25. The molecule has 2 N–H and O–H groups in total. The van der Waals surface area contributed by atoms with Crippen LogP contribution in [0.4, 0.5) is 11.4 Å². The van der Waals surface area contributed by atoms with E-state index < -0.39 is 22.0 Å². The topological polar surface area (TPSA) is 106 Å². The summed E-state index contributed by atoms with van der Waals surface area (Å²) in [5.74, 6) is 0.428. The van der Waals surface area contributed by atoms with E-state index in [-0.39, 0.29) is 4.90 Å². The van der Waals surface area contributed by atoms with E-state index >= 15 is 0 Å². The molecule has 2 aliphatic heterocycles. The summed E-state index contributed by atoms with van der Waals surface area (Å²) >= 11 is 0. The Morgan fingerprint density at radius 1 is 1.00 bits per heavy atom. The highest BCUT2D eigenvalue weighted by atomic mass is 32.2. The molecule has 2 aliphatic rings. The van der Waals surface area contributed by atoms with Crippen LogP contribution >= 0.6 is 0 Å². The average molecular weight is 462 g/mol. The van der Waals surface area contributed by atoms with E-state index in [1.54, 1.807) is 12.1 Å². The van der Waals surface area contributed by atoms with E-state index in [1.165, 1.54) is 19.1 Å². The van der Waals surface area contributed by atoms with Gasteiger partial charge >= 0.3 is 0 Å². The van der Waals surface area contributed by atoms with Crippen LogP contribution in [0, 0.1) is 0 Å². The van der Waals surface area contributed by atoms with Gasteiger partial charge in [0.05, 0.1) is 48.7 Å². The zero-order valence-corrected chi connectivity index (χ0v) is 18.7. The Balaban J connectivity index is 1.45. The molecule has 0 saturated carbocycles. The highest BCUT2D eigenvalue weighted by molar-refractivity contribution is 7.89. The van der Waals surface area contributed by atoms with Crippen molar-refractivity contribution in [2.24, 2.45) is 0 Å². The molecule has 2 aromatic carbocycles.